The van der Waals surface area contributed by atoms with E-state index in [1.165, 1.54) is 0 Å². The molecule has 3 aromatic rings. The average Bonchev–Trinajstić information content (AvgIpc) is 2.40. The van der Waals surface area contributed by atoms with Crippen LogP contribution in [-0.2, 0) is 0 Å². The quantitative estimate of drug-likeness (QED) is 0.537. The van der Waals surface area contributed by atoms with Gasteiger partial charge in [-0.15, -0.1) is 0 Å². The van der Waals surface area contributed by atoms with Gasteiger partial charge in [-0.05, 0) is 12.1 Å². The monoisotopic (exact) mass is 318 g/mol. The molecule has 0 aliphatic heterocycles. The number of rotatable bonds is 1. The van der Waals surface area contributed by atoms with Gasteiger partial charge in [0, 0.05) is 17.5 Å². The van der Waals surface area contributed by atoms with Gasteiger partial charge in [0.25, 0.3) is 0 Å². The third kappa shape index (κ3) is 2.24. The number of benzene rings is 1. The number of para-hydroxylation sites is 1. The maximum atomic E-state index is 12.0. The highest BCUT2D eigenvalue weighted by Crippen LogP contribution is 2.23. The van der Waals surface area contributed by atoms with E-state index < -0.39 is 0 Å². The smallest absolute Gasteiger partial charge is 0.325 e. The van der Waals surface area contributed by atoms with Crippen LogP contribution >= 0.6 is 0 Å². The summed E-state index contributed by atoms with van der Waals surface area (Å²) in [6.07, 6.45) is 3.44. The lowest BCUT2D eigenvalue weighted by Gasteiger charge is -2.02. The van der Waals surface area contributed by atoms with Gasteiger partial charge < -0.3 is 27.1 Å². The summed E-state index contributed by atoms with van der Waals surface area (Å²) in [5.74, 6) is -0.00875. The number of aromatic hydroxyl groups is 1. The third-order valence-electron chi connectivity index (χ3n) is 2.84. The first kappa shape index (κ1) is 13.3. The second-order valence-electron chi connectivity index (χ2n) is 3.98. The van der Waals surface area contributed by atoms with E-state index in [-0.39, 0.29) is 34.0 Å². The van der Waals surface area contributed by atoms with Crippen LogP contribution in [0.5, 0.6) is 5.75 Å². The number of aromatic nitrogens is 2. The van der Waals surface area contributed by atoms with Crippen molar-refractivity contribution in [3.8, 4) is 11.4 Å². The van der Waals surface area contributed by atoms with Crippen LogP contribution < -0.4 is 27.1 Å². The molecule has 5 heteroatoms. The van der Waals surface area contributed by atoms with Crippen LogP contribution in [-0.4, -0.2) is 10.1 Å². The molecular weight excluding hydrogens is 308 g/mol. The van der Waals surface area contributed by atoms with Gasteiger partial charge in [-0.25, -0.2) is 0 Å². The van der Waals surface area contributed by atoms with Crippen molar-refractivity contribution < 1.29 is 26.7 Å². The fourth-order valence-electron chi connectivity index (χ4n) is 2.00. The lowest BCUT2D eigenvalue weighted by molar-refractivity contribution is -0.597. The number of nitrogens with one attached hydrogen (secondary N) is 1. The summed E-state index contributed by atoms with van der Waals surface area (Å²) in [5.41, 5.74) is 0.539. The highest BCUT2D eigenvalue weighted by atomic mass is 79.9. The molecule has 0 saturated carbocycles. The Morgan fingerprint density at radius 1 is 1.00 bits per heavy atom. The summed E-state index contributed by atoms with van der Waals surface area (Å²) in [5, 5.41) is 10.9. The van der Waals surface area contributed by atoms with E-state index >= 15 is 0 Å². The first-order valence-corrected chi connectivity index (χ1v) is 5.58. The minimum Gasteiger partial charge on any atom is -1.00 e. The van der Waals surface area contributed by atoms with Crippen LogP contribution in [0.4, 0.5) is 0 Å². The summed E-state index contributed by atoms with van der Waals surface area (Å²) in [6.45, 7) is 0. The highest BCUT2D eigenvalue weighted by Gasteiger charge is 2.19. The minimum atomic E-state index is -0.317. The lowest BCUT2D eigenvalue weighted by atomic mass is 10.2. The predicted molar refractivity (Wildman–Crippen MR) is 67.8 cm³/mol. The fourth-order valence-corrected chi connectivity index (χ4v) is 2.00. The van der Waals surface area contributed by atoms with Crippen molar-refractivity contribution >= 4 is 10.9 Å². The first-order valence-electron chi connectivity index (χ1n) is 5.58. The molecule has 96 valence electrons. The van der Waals surface area contributed by atoms with Gasteiger partial charge in [-0.2, -0.15) is 4.57 Å². The van der Waals surface area contributed by atoms with Crippen LogP contribution in [0.15, 0.2) is 59.7 Å². The maximum absolute atomic E-state index is 12.0. The fraction of sp³-hybridized carbons (Fsp3) is 0. The van der Waals surface area contributed by atoms with Gasteiger partial charge >= 0.3 is 11.2 Å². The number of halogens is 1. The van der Waals surface area contributed by atoms with Crippen LogP contribution in [0.1, 0.15) is 0 Å². The number of hydrogen-bond donors (Lipinski definition) is 2. The van der Waals surface area contributed by atoms with E-state index in [0.717, 1.165) is 0 Å². The summed E-state index contributed by atoms with van der Waals surface area (Å²) < 4.78 is 1.60. The average molecular weight is 319 g/mol. The number of nitrogens with zero attached hydrogens (tertiary/aromatic N) is 1. The molecule has 2 N–H and O–H groups in total. The molecule has 0 radical (unpaired) electrons. The Morgan fingerprint density at radius 2 is 1.68 bits per heavy atom. The second kappa shape index (κ2) is 5.24. The largest absolute Gasteiger partial charge is 1.00 e. The molecule has 0 unspecified atom stereocenters. The standard InChI is InChI=1S/C14H10N2O2.BrH/c17-13-10-6-2-3-7-11(10)15-14(18)12(13)16-8-4-1-5-9-16;/h1-9H,(H-,15,17,18);1H. The summed E-state index contributed by atoms with van der Waals surface area (Å²) in [6, 6.07) is 12.6. The number of aromatic amines is 1. The van der Waals surface area contributed by atoms with E-state index in [2.05, 4.69) is 4.98 Å². The number of fused-ring (bicyclic) bond motifs is 1. The van der Waals surface area contributed by atoms with Crippen molar-refractivity contribution in [3.63, 3.8) is 0 Å². The zero-order chi connectivity index (χ0) is 12.5. The van der Waals surface area contributed by atoms with E-state index in [9.17, 15) is 9.90 Å². The maximum Gasteiger partial charge on any atom is 0.325 e. The van der Waals surface area contributed by atoms with E-state index in [0.29, 0.717) is 10.9 Å². The predicted octanol–water partition coefficient (Wildman–Crippen LogP) is -1.49. The second-order valence-corrected chi connectivity index (χ2v) is 3.98. The molecular formula is C14H11BrN2O2. The SMILES string of the molecule is O=c1[nH]c2ccccc2c(O)c1-[n+]1ccccc1.[Br-]. The summed E-state index contributed by atoms with van der Waals surface area (Å²) in [4.78, 5) is 14.8. The Hall–Kier alpha value is -2.14. The molecule has 3 rings (SSSR count). The zero-order valence-corrected chi connectivity index (χ0v) is 11.5. The summed E-state index contributed by atoms with van der Waals surface area (Å²) >= 11 is 0. The molecule has 0 saturated heterocycles. The molecule has 2 heterocycles. The van der Waals surface area contributed by atoms with Gasteiger partial charge in [-0.1, -0.05) is 18.2 Å². The van der Waals surface area contributed by atoms with Crippen molar-refractivity contribution in [1.82, 2.24) is 4.98 Å². The van der Waals surface area contributed by atoms with Crippen LogP contribution in [0.3, 0.4) is 0 Å². The number of pyridine rings is 2. The van der Waals surface area contributed by atoms with Crippen LogP contribution in [0.2, 0.25) is 0 Å². The molecule has 4 nitrogen and oxygen atoms in total. The Kier molecular flexibility index (Phi) is 3.66. The highest BCUT2D eigenvalue weighted by molar-refractivity contribution is 5.86. The Labute approximate surface area is 119 Å². The normalized spacial score (nSPS) is 10.1. The number of hydrogen-bond acceptors (Lipinski definition) is 2. The first-order chi connectivity index (χ1) is 8.77. The van der Waals surface area contributed by atoms with Crippen LogP contribution in [0.25, 0.3) is 16.6 Å². The molecule has 2 aromatic heterocycles. The summed E-state index contributed by atoms with van der Waals surface area (Å²) in [7, 11) is 0. The molecule has 0 fully saturated rings. The molecule has 0 bridgehead atoms. The Morgan fingerprint density at radius 3 is 2.42 bits per heavy atom. The van der Waals surface area contributed by atoms with E-state index in [4.69, 9.17) is 0 Å². The van der Waals surface area contributed by atoms with Crippen molar-refractivity contribution in [2.45, 2.75) is 0 Å². The zero-order valence-electron chi connectivity index (χ0n) is 9.88. The lowest BCUT2D eigenvalue weighted by Crippen LogP contribution is -3.00. The molecule has 0 aliphatic carbocycles. The van der Waals surface area contributed by atoms with Gasteiger partial charge in [0.1, 0.15) is 0 Å². The molecule has 0 spiro atoms. The molecule has 0 atom stereocenters. The van der Waals surface area contributed by atoms with E-state index in [1.807, 2.05) is 18.2 Å². The van der Waals surface area contributed by atoms with Gasteiger partial charge in [0.15, 0.2) is 12.4 Å². The Bertz CT molecular complexity index is 769. The van der Waals surface area contributed by atoms with Gasteiger partial charge in [-0.3, -0.25) is 4.79 Å². The molecule has 0 amide bonds. The Balaban J connectivity index is 0.00000133. The third-order valence-corrected chi connectivity index (χ3v) is 2.84. The van der Waals surface area contributed by atoms with Gasteiger partial charge in [0.2, 0.25) is 5.75 Å². The van der Waals surface area contributed by atoms with Crippen LogP contribution in [0, 0.1) is 0 Å². The van der Waals surface area contributed by atoms with Crippen molar-refractivity contribution in [2.75, 3.05) is 0 Å². The van der Waals surface area contributed by atoms with Crippen molar-refractivity contribution in [1.29, 1.82) is 0 Å². The molecule has 19 heavy (non-hydrogen) atoms. The van der Waals surface area contributed by atoms with Crippen molar-refractivity contribution in [2.24, 2.45) is 0 Å². The number of H-pyrrole nitrogens is 1. The van der Waals surface area contributed by atoms with E-state index in [1.54, 1.807) is 41.2 Å². The topological polar surface area (TPSA) is 57.0 Å². The van der Waals surface area contributed by atoms with Gasteiger partial charge in [0.05, 0.1) is 5.52 Å². The molecule has 1 aromatic carbocycles. The van der Waals surface area contributed by atoms with Crippen molar-refractivity contribution in [3.05, 3.63) is 65.2 Å². The minimum absolute atomic E-state index is 0. The molecule has 0 aliphatic rings.